The van der Waals surface area contributed by atoms with Crippen molar-refractivity contribution in [1.82, 2.24) is 4.31 Å². The molecule has 1 fully saturated rings. The van der Waals surface area contributed by atoms with Crippen LogP contribution in [0.25, 0.3) is 0 Å². The Morgan fingerprint density at radius 3 is 2.44 bits per heavy atom. The topological polar surface area (TPSA) is 107 Å². The molecule has 12 heteroatoms. The Morgan fingerprint density at radius 1 is 1.09 bits per heavy atom. The van der Waals surface area contributed by atoms with Crippen molar-refractivity contribution in [3.8, 4) is 0 Å². The number of anilines is 1. The maximum atomic E-state index is 13.1. The Balaban J connectivity index is 1.54. The molecular weight excluding hydrogens is 451 g/mol. The molecule has 1 saturated heterocycles. The quantitative estimate of drug-likeness (QED) is 0.545. The first-order valence-corrected chi connectivity index (χ1v) is 11.3. The van der Waals surface area contributed by atoms with E-state index in [1.54, 1.807) is 12.1 Å². The molecule has 0 radical (unpaired) electrons. The standard InChI is InChI=1S/C20H20F3N3O5S/c21-20(22,23)14-5-6-18(16(11-14)24-28)32(29,30)25-9-7-15(8-10-25)26-17-4-2-1-3-13(17)12-31-19(26)27/h1-6,11,15H,7-10,12,24H2. The summed E-state index contributed by atoms with van der Waals surface area (Å²) in [6.07, 6.45) is -4.59. The van der Waals surface area contributed by atoms with Crippen LogP contribution in [0.5, 0.6) is 0 Å². The lowest BCUT2D eigenvalue weighted by molar-refractivity contribution is -0.500. The van der Waals surface area contributed by atoms with Crippen LogP contribution in [-0.4, -0.2) is 37.9 Å². The van der Waals surface area contributed by atoms with Gasteiger partial charge in [-0.05, 0) is 31.0 Å². The van der Waals surface area contributed by atoms with E-state index in [9.17, 15) is 31.6 Å². The lowest BCUT2D eigenvalue weighted by Gasteiger charge is -2.39. The van der Waals surface area contributed by atoms with Gasteiger partial charge >= 0.3 is 12.3 Å². The van der Waals surface area contributed by atoms with Gasteiger partial charge in [-0.2, -0.15) is 17.5 Å². The fraction of sp³-hybridized carbons (Fsp3) is 0.350. The SMILES string of the molecule is O=C1OCc2ccccc2N1C1CCN(S(=O)(=O)c2ccc(C(F)(F)F)cc2[NH2+][O-])CC1. The number of alkyl halides is 3. The van der Waals surface area contributed by atoms with Crippen LogP contribution in [0.1, 0.15) is 24.0 Å². The fourth-order valence-corrected chi connectivity index (χ4v) is 5.67. The summed E-state index contributed by atoms with van der Waals surface area (Å²) in [6, 6.07) is 8.98. The summed E-state index contributed by atoms with van der Waals surface area (Å²) in [5.74, 6) is 0. The number of nitrogens with zero attached hydrogens (tertiary/aromatic N) is 2. The zero-order valence-electron chi connectivity index (χ0n) is 16.7. The molecule has 2 heterocycles. The average Bonchev–Trinajstić information content (AvgIpc) is 2.78. The first-order chi connectivity index (χ1) is 15.1. The van der Waals surface area contributed by atoms with Crippen molar-refractivity contribution in [2.75, 3.05) is 18.0 Å². The van der Waals surface area contributed by atoms with Crippen LogP contribution in [-0.2, 0) is 27.5 Å². The number of carbonyl (C=O) groups is 1. The molecule has 2 aliphatic rings. The summed E-state index contributed by atoms with van der Waals surface area (Å²) >= 11 is 0. The molecule has 2 aromatic carbocycles. The molecule has 0 unspecified atom stereocenters. The predicted octanol–water partition coefficient (Wildman–Crippen LogP) is 2.71. The second-order valence-electron chi connectivity index (χ2n) is 7.56. The van der Waals surface area contributed by atoms with E-state index in [-0.39, 0.29) is 31.2 Å². The van der Waals surface area contributed by atoms with E-state index in [4.69, 9.17) is 4.74 Å². The first kappa shape index (κ1) is 22.5. The van der Waals surface area contributed by atoms with E-state index < -0.39 is 38.4 Å². The zero-order valence-corrected chi connectivity index (χ0v) is 17.5. The summed E-state index contributed by atoms with van der Waals surface area (Å²) < 4.78 is 71.2. The van der Waals surface area contributed by atoms with Gasteiger partial charge in [-0.15, -0.1) is 0 Å². The molecule has 32 heavy (non-hydrogen) atoms. The van der Waals surface area contributed by atoms with Crippen LogP contribution < -0.4 is 10.4 Å². The number of amides is 1. The third-order valence-electron chi connectivity index (χ3n) is 5.67. The summed E-state index contributed by atoms with van der Waals surface area (Å²) in [6.45, 7) is 0.248. The third kappa shape index (κ3) is 4.06. The Bertz CT molecular complexity index is 1130. The van der Waals surface area contributed by atoms with Crippen molar-refractivity contribution >= 4 is 27.5 Å². The number of hydrogen-bond donors (Lipinski definition) is 1. The van der Waals surface area contributed by atoms with Gasteiger partial charge in [0.15, 0.2) is 0 Å². The van der Waals surface area contributed by atoms with E-state index in [0.29, 0.717) is 25.0 Å². The van der Waals surface area contributed by atoms with Crippen molar-refractivity contribution in [2.24, 2.45) is 0 Å². The summed E-state index contributed by atoms with van der Waals surface area (Å²) in [4.78, 5) is 13.4. The number of benzene rings is 2. The van der Waals surface area contributed by atoms with Crippen LogP contribution in [0.4, 0.5) is 29.3 Å². The molecule has 2 N–H and O–H groups in total. The van der Waals surface area contributed by atoms with Crippen molar-refractivity contribution in [1.29, 1.82) is 0 Å². The monoisotopic (exact) mass is 471 g/mol. The predicted molar refractivity (Wildman–Crippen MR) is 107 cm³/mol. The molecule has 8 nitrogen and oxygen atoms in total. The number of cyclic esters (lactones) is 1. The smallest absolute Gasteiger partial charge is 0.416 e. The number of quaternary nitrogens is 1. The molecular formula is C20H20F3N3O5S. The molecule has 1 amide bonds. The Hall–Kier alpha value is -2.67. The molecule has 172 valence electrons. The molecule has 0 saturated carbocycles. The molecule has 0 spiro atoms. The maximum Gasteiger partial charge on any atom is 0.416 e. The Morgan fingerprint density at radius 2 is 1.78 bits per heavy atom. The van der Waals surface area contributed by atoms with Crippen LogP contribution >= 0.6 is 0 Å². The normalized spacial score (nSPS) is 18.4. The van der Waals surface area contributed by atoms with Gasteiger partial charge < -0.3 is 15.4 Å². The Kier molecular flexibility index (Phi) is 5.88. The van der Waals surface area contributed by atoms with Crippen molar-refractivity contribution in [3.05, 3.63) is 58.8 Å². The molecule has 0 atom stereocenters. The number of hydrogen-bond acceptors (Lipinski definition) is 5. The van der Waals surface area contributed by atoms with E-state index in [0.717, 1.165) is 21.6 Å². The van der Waals surface area contributed by atoms with Crippen molar-refractivity contribution < 1.29 is 36.6 Å². The lowest BCUT2D eigenvalue weighted by atomic mass is 10.0. The summed E-state index contributed by atoms with van der Waals surface area (Å²) in [5, 5.41) is 11.3. The van der Waals surface area contributed by atoms with Gasteiger partial charge in [-0.25, -0.2) is 13.2 Å². The number of piperidine rings is 1. The highest BCUT2D eigenvalue weighted by Crippen LogP contribution is 2.35. The van der Waals surface area contributed by atoms with Gasteiger partial charge in [0.05, 0.1) is 11.3 Å². The second kappa shape index (κ2) is 8.35. The van der Waals surface area contributed by atoms with Gasteiger partial charge in [0.2, 0.25) is 10.0 Å². The van der Waals surface area contributed by atoms with Crippen molar-refractivity contribution in [2.45, 2.75) is 36.6 Å². The minimum Gasteiger partial charge on any atom is -0.630 e. The van der Waals surface area contributed by atoms with Gasteiger partial charge in [0.25, 0.3) is 0 Å². The summed E-state index contributed by atoms with van der Waals surface area (Å²) in [5.41, 5.74) is 0.0313. The van der Waals surface area contributed by atoms with Gasteiger partial charge in [0.1, 0.15) is 17.2 Å². The van der Waals surface area contributed by atoms with Crippen LogP contribution in [0, 0.1) is 5.21 Å². The fourth-order valence-electron chi connectivity index (χ4n) is 4.05. The molecule has 0 aliphatic carbocycles. The summed E-state index contributed by atoms with van der Waals surface area (Å²) in [7, 11) is -4.20. The van der Waals surface area contributed by atoms with Crippen molar-refractivity contribution in [3.63, 3.8) is 0 Å². The number of sulfonamides is 1. The Labute approximate surface area is 182 Å². The maximum absolute atomic E-state index is 13.1. The van der Waals surface area contributed by atoms with Crippen LogP contribution in [0.15, 0.2) is 47.4 Å². The lowest BCUT2D eigenvalue weighted by Crippen LogP contribution is -2.71. The van der Waals surface area contributed by atoms with E-state index in [1.165, 1.54) is 4.90 Å². The highest BCUT2D eigenvalue weighted by Gasteiger charge is 2.39. The van der Waals surface area contributed by atoms with Crippen LogP contribution in [0.2, 0.25) is 0 Å². The zero-order chi connectivity index (χ0) is 23.1. The van der Waals surface area contributed by atoms with Gasteiger partial charge in [-0.3, -0.25) is 4.90 Å². The molecule has 0 bridgehead atoms. The minimum absolute atomic E-state index is 0.0399. The first-order valence-electron chi connectivity index (χ1n) is 9.83. The third-order valence-corrected chi connectivity index (χ3v) is 7.64. The molecule has 2 aromatic rings. The number of fused-ring (bicyclic) bond motifs is 1. The number of nitrogens with two attached hydrogens (primary N) is 1. The average molecular weight is 471 g/mol. The number of para-hydroxylation sites is 1. The molecule has 2 aliphatic heterocycles. The van der Waals surface area contributed by atoms with Gasteiger partial charge in [0, 0.05) is 30.8 Å². The highest BCUT2D eigenvalue weighted by molar-refractivity contribution is 7.89. The van der Waals surface area contributed by atoms with E-state index in [2.05, 4.69) is 0 Å². The number of ether oxygens (including phenoxy) is 1. The minimum atomic E-state index is -4.70. The van der Waals surface area contributed by atoms with Gasteiger partial charge in [-0.1, -0.05) is 18.2 Å². The largest absolute Gasteiger partial charge is 0.630 e. The van der Waals surface area contributed by atoms with E-state index in [1.807, 2.05) is 12.1 Å². The number of rotatable bonds is 4. The van der Waals surface area contributed by atoms with Crippen LogP contribution in [0.3, 0.4) is 0 Å². The molecule has 0 aromatic heterocycles. The number of halogens is 3. The van der Waals surface area contributed by atoms with E-state index >= 15 is 0 Å². The second-order valence-corrected chi connectivity index (χ2v) is 9.46. The molecule has 4 rings (SSSR count). The number of carbonyl (C=O) groups excluding carboxylic acids is 1. The highest BCUT2D eigenvalue weighted by atomic mass is 32.2.